The van der Waals surface area contributed by atoms with Crippen LogP contribution in [0.15, 0.2) is 53.4 Å². The van der Waals surface area contributed by atoms with Gasteiger partial charge >= 0.3 is 0 Å². The number of rotatable bonds is 8. The first-order valence-corrected chi connectivity index (χ1v) is 10.7. The molecule has 0 radical (unpaired) electrons. The van der Waals surface area contributed by atoms with Crippen molar-refractivity contribution in [3.05, 3.63) is 59.9 Å². The summed E-state index contributed by atoms with van der Waals surface area (Å²) in [5, 5.41) is 2.94. The monoisotopic (exact) mass is 393 g/mol. The van der Waals surface area contributed by atoms with Crippen LogP contribution in [0, 0.1) is 5.82 Å². The Hall–Kier alpha value is -2.41. The van der Waals surface area contributed by atoms with Crippen molar-refractivity contribution in [3.8, 4) is 5.75 Å². The largest absolute Gasteiger partial charge is 0.481 e. The second-order valence-electron chi connectivity index (χ2n) is 6.28. The lowest BCUT2D eigenvalue weighted by Crippen LogP contribution is -2.39. The van der Waals surface area contributed by atoms with E-state index in [0.717, 1.165) is 11.8 Å². The Kier molecular flexibility index (Phi) is 6.96. The number of halogens is 1. The van der Waals surface area contributed by atoms with Gasteiger partial charge in [-0.1, -0.05) is 26.0 Å². The van der Waals surface area contributed by atoms with Crippen molar-refractivity contribution in [3.63, 3.8) is 0 Å². The summed E-state index contributed by atoms with van der Waals surface area (Å²) in [4.78, 5) is 12.8. The molecule has 0 aromatic heterocycles. The zero-order chi connectivity index (χ0) is 20.0. The number of sulfone groups is 1. The average molecular weight is 393 g/mol. The fraction of sp³-hybridized carbons (Fsp3) is 0.350. The van der Waals surface area contributed by atoms with E-state index < -0.39 is 15.9 Å². The third-order valence-electron chi connectivity index (χ3n) is 4.19. The number of carbonyl (C=O) groups is 1. The van der Waals surface area contributed by atoms with Crippen molar-refractivity contribution in [1.82, 2.24) is 5.32 Å². The predicted octanol–water partition coefficient (Wildman–Crippen LogP) is 3.65. The van der Waals surface area contributed by atoms with Gasteiger partial charge in [0, 0.05) is 6.26 Å². The highest BCUT2D eigenvalue weighted by molar-refractivity contribution is 7.90. The molecule has 0 bridgehead atoms. The van der Waals surface area contributed by atoms with Crippen LogP contribution >= 0.6 is 0 Å². The van der Waals surface area contributed by atoms with E-state index in [0.29, 0.717) is 18.6 Å². The highest BCUT2D eigenvalue weighted by Gasteiger charge is 2.22. The Morgan fingerprint density at radius 1 is 1.04 bits per heavy atom. The summed E-state index contributed by atoms with van der Waals surface area (Å²) in [5.41, 5.74) is 0.815. The molecule has 0 saturated heterocycles. The highest BCUT2D eigenvalue weighted by atomic mass is 32.2. The molecule has 2 rings (SSSR count). The van der Waals surface area contributed by atoms with Gasteiger partial charge in [-0.25, -0.2) is 12.8 Å². The molecule has 0 heterocycles. The molecule has 0 aliphatic carbocycles. The molecule has 2 aromatic carbocycles. The summed E-state index contributed by atoms with van der Waals surface area (Å²) < 4.78 is 41.8. The highest BCUT2D eigenvalue weighted by Crippen LogP contribution is 2.20. The molecule has 0 spiro atoms. The van der Waals surface area contributed by atoms with E-state index in [9.17, 15) is 17.6 Å². The normalized spacial score (nSPS) is 13.6. The van der Waals surface area contributed by atoms with Gasteiger partial charge in [-0.05, 0) is 54.8 Å². The number of benzene rings is 2. The molecule has 0 aliphatic heterocycles. The molecule has 27 heavy (non-hydrogen) atoms. The number of amides is 1. The fourth-order valence-electron chi connectivity index (χ4n) is 2.63. The molecule has 146 valence electrons. The summed E-state index contributed by atoms with van der Waals surface area (Å²) >= 11 is 0. The van der Waals surface area contributed by atoms with Crippen molar-refractivity contribution in [1.29, 1.82) is 0 Å². The molecule has 0 aliphatic rings. The van der Waals surface area contributed by atoms with Crippen molar-refractivity contribution in [2.24, 2.45) is 0 Å². The molecule has 5 nitrogen and oxygen atoms in total. The van der Waals surface area contributed by atoms with Gasteiger partial charge in [0.05, 0.1) is 10.9 Å². The van der Waals surface area contributed by atoms with E-state index in [1.165, 1.54) is 36.4 Å². The standard InChI is InChI=1S/C20H24FNO4S/c1-4-18(14-6-12-17(13-7-14)27(3,24)25)22-20(23)19(5-2)26-16-10-8-15(21)9-11-16/h6-13,18-19H,4-5H2,1-3H3,(H,22,23)/t18-,19-/m0/s1. The second-order valence-corrected chi connectivity index (χ2v) is 8.30. The lowest BCUT2D eigenvalue weighted by atomic mass is 10.0. The van der Waals surface area contributed by atoms with E-state index in [1.807, 2.05) is 13.8 Å². The number of hydrogen-bond donors (Lipinski definition) is 1. The number of ether oxygens (including phenoxy) is 1. The molecular weight excluding hydrogens is 369 g/mol. The quantitative estimate of drug-likeness (QED) is 0.743. The Morgan fingerprint density at radius 2 is 1.63 bits per heavy atom. The van der Waals surface area contributed by atoms with Crippen LogP contribution in [0.4, 0.5) is 4.39 Å². The Bertz CT molecular complexity index is 864. The minimum atomic E-state index is -3.26. The Labute approximate surface area is 159 Å². The van der Waals surface area contributed by atoms with Crippen molar-refractivity contribution >= 4 is 15.7 Å². The average Bonchev–Trinajstić information content (AvgIpc) is 2.64. The summed E-state index contributed by atoms with van der Waals surface area (Å²) in [5.74, 6) is -0.228. The molecule has 0 saturated carbocycles. The van der Waals surface area contributed by atoms with Crippen molar-refractivity contribution in [2.75, 3.05) is 6.26 Å². The first kappa shape index (κ1) is 20.9. The number of hydrogen-bond acceptors (Lipinski definition) is 4. The molecule has 1 amide bonds. The first-order valence-electron chi connectivity index (χ1n) is 8.77. The smallest absolute Gasteiger partial charge is 0.261 e. The van der Waals surface area contributed by atoms with Crippen LogP contribution in [-0.4, -0.2) is 26.7 Å². The first-order chi connectivity index (χ1) is 12.7. The van der Waals surface area contributed by atoms with Gasteiger partial charge in [0.1, 0.15) is 11.6 Å². The van der Waals surface area contributed by atoms with Gasteiger partial charge in [0.25, 0.3) is 5.91 Å². The third-order valence-corrected chi connectivity index (χ3v) is 5.32. The third kappa shape index (κ3) is 5.79. The summed E-state index contributed by atoms with van der Waals surface area (Å²) in [6, 6.07) is 11.7. The van der Waals surface area contributed by atoms with Crippen LogP contribution in [0.1, 0.15) is 38.3 Å². The number of carbonyl (C=O) groups excluding carboxylic acids is 1. The maximum absolute atomic E-state index is 13.0. The predicted molar refractivity (Wildman–Crippen MR) is 102 cm³/mol. The van der Waals surface area contributed by atoms with E-state index in [1.54, 1.807) is 12.1 Å². The van der Waals surface area contributed by atoms with E-state index >= 15 is 0 Å². The zero-order valence-corrected chi connectivity index (χ0v) is 16.4. The molecule has 2 atom stereocenters. The van der Waals surface area contributed by atoms with Crippen LogP contribution in [0.25, 0.3) is 0 Å². The van der Waals surface area contributed by atoms with E-state index in [-0.39, 0.29) is 22.7 Å². The zero-order valence-electron chi connectivity index (χ0n) is 15.6. The van der Waals surface area contributed by atoms with Crippen LogP contribution in [0.3, 0.4) is 0 Å². The van der Waals surface area contributed by atoms with Gasteiger partial charge in [0.2, 0.25) is 0 Å². The minimum Gasteiger partial charge on any atom is -0.481 e. The summed E-state index contributed by atoms with van der Waals surface area (Å²) in [6.45, 7) is 3.76. The van der Waals surface area contributed by atoms with Gasteiger partial charge in [-0.2, -0.15) is 0 Å². The molecule has 0 fully saturated rings. The Balaban J connectivity index is 2.09. The van der Waals surface area contributed by atoms with Gasteiger partial charge in [0.15, 0.2) is 15.9 Å². The maximum Gasteiger partial charge on any atom is 0.261 e. The fourth-order valence-corrected chi connectivity index (χ4v) is 3.26. The molecule has 2 aromatic rings. The van der Waals surface area contributed by atoms with Crippen LogP contribution in [-0.2, 0) is 14.6 Å². The van der Waals surface area contributed by atoms with E-state index in [2.05, 4.69) is 5.32 Å². The minimum absolute atomic E-state index is 0.235. The second kappa shape index (κ2) is 8.99. The SMILES string of the molecule is CC[C@H](Oc1ccc(F)cc1)C(=O)N[C@@H](CC)c1ccc(S(C)(=O)=O)cc1. The van der Waals surface area contributed by atoms with Gasteiger partial charge < -0.3 is 10.1 Å². The summed E-state index contributed by atoms with van der Waals surface area (Å²) in [7, 11) is -3.26. The topological polar surface area (TPSA) is 72.5 Å². The lowest BCUT2D eigenvalue weighted by Gasteiger charge is -2.22. The van der Waals surface area contributed by atoms with Crippen molar-refractivity contribution < 1.29 is 22.3 Å². The molecule has 1 N–H and O–H groups in total. The lowest BCUT2D eigenvalue weighted by molar-refractivity contribution is -0.128. The maximum atomic E-state index is 13.0. The molecular formula is C20H24FNO4S. The van der Waals surface area contributed by atoms with Gasteiger partial charge in [-0.15, -0.1) is 0 Å². The molecule has 7 heteroatoms. The van der Waals surface area contributed by atoms with E-state index in [4.69, 9.17) is 4.74 Å². The van der Waals surface area contributed by atoms with Crippen LogP contribution < -0.4 is 10.1 Å². The molecule has 0 unspecified atom stereocenters. The van der Waals surface area contributed by atoms with Gasteiger partial charge in [-0.3, -0.25) is 4.79 Å². The van der Waals surface area contributed by atoms with Crippen LogP contribution in [0.5, 0.6) is 5.75 Å². The number of nitrogens with one attached hydrogen (secondary N) is 1. The van der Waals surface area contributed by atoms with Crippen molar-refractivity contribution in [2.45, 2.75) is 43.7 Å². The summed E-state index contributed by atoms with van der Waals surface area (Å²) in [6.07, 6.45) is 1.53. The Morgan fingerprint density at radius 3 is 2.11 bits per heavy atom. The van der Waals surface area contributed by atoms with Crippen LogP contribution in [0.2, 0.25) is 0 Å².